The Morgan fingerprint density at radius 2 is 2.05 bits per heavy atom. The molecule has 5 N–H and O–H groups in total. The highest BCUT2D eigenvalue weighted by atomic mass is 16.3. The van der Waals surface area contributed by atoms with Crippen molar-refractivity contribution >= 4 is 22.9 Å². The van der Waals surface area contributed by atoms with Gasteiger partial charge < -0.3 is 21.1 Å². The van der Waals surface area contributed by atoms with Gasteiger partial charge in [-0.25, -0.2) is 4.98 Å². The number of nitrogens with two attached hydrogens (primary N) is 1. The highest BCUT2D eigenvalue weighted by molar-refractivity contribution is 5.83. The molecule has 0 bridgehead atoms. The molecule has 1 atom stereocenters. The molecule has 2 aromatic heterocycles. The van der Waals surface area contributed by atoms with Gasteiger partial charge in [0.2, 0.25) is 5.95 Å². The number of aromatic nitrogens is 4. The number of H-pyrrole nitrogens is 1. The van der Waals surface area contributed by atoms with Crippen molar-refractivity contribution in [2.75, 3.05) is 17.7 Å². The van der Waals surface area contributed by atoms with E-state index in [1.54, 1.807) is 0 Å². The number of nitrogen functional groups attached to an aromatic ring is 1. The van der Waals surface area contributed by atoms with Gasteiger partial charge in [0.05, 0.1) is 18.5 Å². The Kier molecular flexibility index (Phi) is 3.19. The van der Waals surface area contributed by atoms with E-state index in [0.717, 1.165) is 5.56 Å². The van der Waals surface area contributed by atoms with Gasteiger partial charge in [0.15, 0.2) is 11.5 Å². The first-order valence-electron chi connectivity index (χ1n) is 6.53. The van der Waals surface area contributed by atoms with Gasteiger partial charge in [0.1, 0.15) is 5.52 Å². The van der Waals surface area contributed by atoms with Crippen molar-refractivity contribution in [2.45, 2.75) is 12.5 Å². The number of fused-ring (bicyclic) bond motifs is 1. The molecule has 3 rings (SSSR count). The van der Waals surface area contributed by atoms with Crippen LogP contribution in [0.3, 0.4) is 0 Å². The summed E-state index contributed by atoms with van der Waals surface area (Å²) in [5.74, 6) is 0.640. The van der Waals surface area contributed by atoms with E-state index in [0.29, 0.717) is 17.0 Å². The van der Waals surface area contributed by atoms with Crippen molar-refractivity contribution in [3.8, 4) is 0 Å². The standard InChI is InChI=1S/C14H16N6O/c1-14(7-21,9-5-3-2-4-6-9)20-12-10-11(17-8-16-10)18-13(15)19-12/h2-6,8,21H,7H2,1H3,(H4,15,16,17,18,19,20). The molecule has 21 heavy (non-hydrogen) atoms. The summed E-state index contributed by atoms with van der Waals surface area (Å²) in [7, 11) is 0. The van der Waals surface area contributed by atoms with Crippen LogP contribution in [0, 0.1) is 0 Å². The van der Waals surface area contributed by atoms with E-state index < -0.39 is 5.54 Å². The summed E-state index contributed by atoms with van der Waals surface area (Å²) in [5, 5.41) is 13.1. The maximum absolute atomic E-state index is 9.83. The maximum atomic E-state index is 9.83. The van der Waals surface area contributed by atoms with Crippen LogP contribution in [0.15, 0.2) is 36.7 Å². The first kappa shape index (κ1) is 13.3. The number of benzene rings is 1. The molecular weight excluding hydrogens is 268 g/mol. The number of aromatic amines is 1. The highest BCUT2D eigenvalue weighted by Gasteiger charge is 2.27. The normalized spacial score (nSPS) is 14.0. The van der Waals surface area contributed by atoms with Gasteiger partial charge in [-0.15, -0.1) is 0 Å². The van der Waals surface area contributed by atoms with Crippen molar-refractivity contribution in [3.63, 3.8) is 0 Å². The second-order valence-electron chi connectivity index (χ2n) is 5.01. The lowest BCUT2D eigenvalue weighted by atomic mass is 9.93. The third-order valence-electron chi connectivity index (χ3n) is 3.42. The van der Waals surface area contributed by atoms with E-state index >= 15 is 0 Å². The predicted octanol–water partition coefficient (Wildman–Crippen LogP) is 1.25. The Labute approximate surface area is 121 Å². The molecule has 0 amide bonds. The van der Waals surface area contributed by atoms with Crippen molar-refractivity contribution in [1.82, 2.24) is 19.9 Å². The molecule has 7 heteroatoms. The molecule has 2 heterocycles. The number of hydrogen-bond acceptors (Lipinski definition) is 6. The van der Waals surface area contributed by atoms with Crippen molar-refractivity contribution < 1.29 is 5.11 Å². The Morgan fingerprint density at radius 3 is 2.76 bits per heavy atom. The van der Waals surface area contributed by atoms with Gasteiger partial charge in [-0.3, -0.25) is 0 Å². The van der Waals surface area contributed by atoms with E-state index in [9.17, 15) is 5.11 Å². The van der Waals surface area contributed by atoms with Crippen molar-refractivity contribution in [2.24, 2.45) is 0 Å². The predicted molar refractivity (Wildman–Crippen MR) is 80.6 cm³/mol. The van der Waals surface area contributed by atoms with Gasteiger partial charge in [-0.05, 0) is 12.5 Å². The van der Waals surface area contributed by atoms with Crippen LogP contribution in [0.5, 0.6) is 0 Å². The van der Waals surface area contributed by atoms with Gasteiger partial charge in [-0.2, -0.15) is 9.97 Å². The zero-order valence-corrected chi connectivity index (χ0v) is 11.5. The van der Waals surface area contributed by atoms with E-state index in [-0.39, 0.29) is 12.6 Å². The molecule has 0 aliphatic rings. The van der Waals surface area contributed by atoms with Crippen LogP contribution in [0.1, 0.15) is 12.5 Å². The van der Waals surface area contributed by atoms with Crippen LogP contribution >= 0.6 is 0 Å². The molecule has 0 fully saturated rings. The highest BCUT2D eigenvalue weighted by Crippen LogP contribution is 2.27. The number of aliphatic hydroxyl groups excluding tert-OH is 1. The third kappa shape index (κ3) is 2.38. The fourth-order valence-electron chi connectivity index (χ4n) is 2.21. The number of aliphatic hydroxyl groups is 1. The van der Waals surface area contributed by atoms with Crippen LogP contribution in [0.2, 0.25) is 0 Å². The van der Waals surface area contributed by atoms with E-state index in [2.05, 4.69) is 25.3 Å². The molecule has 0 saturated heterocycles. The summed E-state index contributed by atoms with van der Waals surface area (Å²) in [6.07, 6.45) is 1.53. The molecule has 108 valence electrons. The first-order chi connectivity index (χ1) is 10.1. The van der Waals surface area contributed by atoms with Crippen LogP contribution in [-0.2, 0) is 5.54 Å². The van der Waals surface area contributed by atoms with Gasteiger partial charge in [-0.1, -0.05) is 30.3 Å². The van der Waals surface area contributed by atoms with Crippen LogP contribution in [-0.4, -0.2) is 31.6 Å². The number of hydrogen-bond donors (Lipinski definition) is 4. The molecule has 0 aliphatic heterocycles. The smallest absolute Gasteiger partial charge is 0.224 e. The zero-order chi connectivity index (χ0) is 14.9. The number of anilines is 2. The van der Waals surface area contributed by atoms with Gasteiger partial charge >= 0.3 is 0 Å². The molecule has 3 aromatic rings. The summed E-state index contributed by atoms with van der Waals surface area (Å²) in [4.78, 5) is 15.3. The van der Waals surface area contributed by atoms with Crippen LogP contribution in [0.25, 0.3) is 11.2 Å². The van der Waals surface area contributed by atoms with E-state index in [1.165, 1.54) is 6.33 Å². The summed E-state index contributed by atoms with van der Waals surface area (Å²) in [5.41, 5.74) is 7.09. The van der Waals surface area contributed by atoms with Gasteiger partial charge in [0.25, 0.3) is 0 Å². The minimum absolute atomic E-state index is 0.101. The number of nitrogens with zero attached hydrogens (tertiary/aromatic N) is 3. The third-order valence-corrected chi connectivity index (χ3v) is 3.42. The fraction of sp³-hybridized carbons (Fsp3) is 0.214. The van der Waals surface area contributed by atoms with Crippen LogP contribution < -0.4 is 11.1 Å². The minimum atomic E-state index is -0.694. The van der Waals surface area contributed by atoms with Crippen molar-refractivity contribution in [3.05, 3.63) is 42.2 Å². The second-order valence-corrected chi connectivity index (χ2v) is 5.01. The molecular formula is C14H16N6O. The lowest BCUT2D eigenvalue weighted by molar-refractivity contribution is 0.224. The van der Waals surface area contributed by atoms with E-state index in [1.807, 2.05) is 37.3 Å². The fourth-order valence-corrected chi connectivity index (χ4v) is 2.21. The summed E-state index contributed by atoms with van der Waals surface area (Å²) < 4.78 is 0. The molecule has 0 saturated carbocycles. The number of nitrogens with one attached hydrogen (secondary N) is 2. The topological polar surface area (TPSA) is 113 Å². The molecule has 0 aliphatic carbocycles. The summed E-state index contributed by atoms with van der Waals surface area (Å²) in [6.45, 7) is 1.79. The zero-order valence-electron chi connectivity index (χ0n) is 11.5. The van der Waals surface area contributed by atoms with Crippen LogP contribution in [0.4, 0.5) is 11.8 Å². The van der Waals surface area contributed by atoms with E-state index in [4.69, 9.17) is 5.73 Å². The second kappa shape index (κ2) is 5.02. The number of rotatable bonds is 4. The Balaban J connectivity index is 2.05. The summed E-state index contributed by atoms with van der Waals surface area (Å²) >= 11 is 0. The SMILES string of the molecule is CC(CO)(Nc1nc(N)nc2nc[nH]c12)c1ccccc1. The molecule has 1 aromatic carbocycles. The molecule has 1 unspecified atom stereocenters. The Hall–Kier alpha value is -2.67. The largest absolute Gasteiger partial charge is 0.394 e. The monoisotopic (exact) mass is 284 g/mol. The minimum Gasteiger partial charge on any atom is -0.394 e. The molecule has 7 nitrogen and oxygen atoms in total. The average molecular weight is 284 g/mol. The Bertz CT molecular complexity index is 757. The lowest BCUT2D eigenvalue weighted by Crippen LogP contribution is -2.36. The first-order valence-corrected chi connectivity index (χ1v) is 6.53. The molecule has 0 spiro atoms. The lowest BCUT2D eigenvalue weighted by Gasteiger charge is -2.30. The quantitative estimate of drug-likeness (QED) is 0.573. The maximum Gasteiger partial charge on any atom is 0.224 e. The Morgan fingerprint density at radius 1 is 1.29 bits per heavy atom. The number of imidazole rings is 1. The molecule has 0 radical (unpaired) electrons. The summed E-state index contributed by atoms with van der Waals surface area (Å²) in [6, 6.07) is 9.66. The van der Waals surface area contributed by atoms with Crippen molar-refractivity contribution in [1.29, 1.82) is 0 Å². The van der Waals surface area contributed by atoms with Gasteiger partial charge in [0, 0.05) is 0 Å². The average Bonchev–Trinajstić information content (AvgIpc) is 2.96.